The molecule has 29 heavy (non-hydrogen) atoms. The molecule has 1 aliphatic heterocycles. The van der Waals surface area contributed by atoms with Crippen LogP contribution in [0, 0.1) is 0 Å². The number of carbonyl (C=O) groups excluding carboxylic acids is 3. The summed E-state index contributed by atoms with van der Waals surface area (Å²) in [5.41, 5.74) is 2.56. The Kier molecular flexibility index (Phi) is 5.20. The van der Waals surface area contributed by atoms with Crippen LogP contribution in [0.25, 0.3) is 11.3 Å². The molecule has 0 saturated heterocycles. The second-order valence-corrected chi connectivity index (χ2v) is 6.64. The molecule has 0 spiro atoms. The minimum atomic E-state index is -0.520. The summed E-state index contributed by atoms with van der Waals surface area (Å²) in [6, 6.07) is 18.2. The summed E-state index contributed by atoms with van der Waals surface area (Å²) in [6.45, 7) is -0.0567. The van der Waals surface area contributed by atoms with Crippen LogP contribution in [0.3, 0.4) is 0 Å². The number of rotatable bonds is 6. The zero-order chi connectivity index (χ0) is 20.2. The van der Waals surface area contributed by atoms with E-state index in [1.165, 1.54) is 0 Å². The number of hydrogen-bond donors (Lipinski definition) is 0. The van der Waals surface area contributed by atoms with Gasteiger partial charge in [0.15, 0.2) is 5.76 Å². The molecule has 7 nitrogen and oxygen atoms in total. The molecule has 0 unspecified atom stereocenters. The lowest BCUT2D eigenvalue weighted by Gasteiger charge is -2.26. The number of hydrogen-bond acceptors (Lipinski definition) is 6. The van der Waals surface area contributed by atoms with E-state index >= 15 is 0 Å². The molecule has 0 saturated carbocycles. The first-order chi connectivity index (χ1) is 14.1. The molecule has 0 aliphatic carbocycles. The van der Waals surface area contributed by atoms with E-state index in [2.05, 4.69) is 5.16 Å². The van der Waals surface area contributed by atoms with Crippen LogP contribution in [0.1, 0.15) is 28.0 Å². The molecular formula is C22H18N2O5. The van der Waals surface area contributed by atoms with Crippen molar-refractivity contribution in [3.05, 3.63) is 77.5 Å². The van der Waals surface area contributed by atoms with Crippen LogP contribution in [0.2, 0.25) is 0 Å². The van der Waals surface area contributed by atoms with Gasteiger partial charge in [0.2, 0.25) is 5.91 Å². The Morgan fingerprint density at radius 1 is 1.07 bits per heavy atom. The Labute approximate surface area is 166 Å². The van der Waals surface area contributed by atoms with Crippen molar-refractivity contribution >= 4 is 17.8 Å². The van der Waals surface area contributed by atoms with Crippen LogP contribution in [0.4, 0.5) is 0 Å². The summed E-state index contributed by atoms with van der Waals surface area (Å²) in [5, 5.41) is 3.89. The molecule has 0 bridgehead atoms. The first-order valence-corrected chi connectivity index (χ1v) is 9.21. The van der Waals surface area contributed by atoms with E-state index in [1.54, 1.807) is 30.3 Å². The number of fused-ring (bicyclic) bond motifs is 1. The quantitative estimate of drug-likeness (QED) is 0.475. The molecule has 4 rings (SSSR count). The van der Waals surface area contributed by atoms with Crippen molar-refractivity contribution in [2.45, 2.75) is 19.4 Å². The molecule has 2 amide bonds. The molecule has 0 N–H and O–H groups in total. The van der Waals surface area contributed by atoms with Crippen molar-refractivity contribution in [3.8, 4) is 11.3 Å². The molecule has 2 aromatic carbocycles. The summed E-state index contributed by atoms with van der Waals surface area (Å²) >= 11 is 0. The van der Waals surface area contributed by atoms with Crippen molar-refractivity contribution in [2.75, 3.05) is 6.54 Å². The minimum Gasteiger partial charge on any atom is -0.459 e. The summed E-state index contributed by atoms with van der Waals surface area (Å²) in [7, 11) is 0. The lowest BCUT2D eigenvalue weighted by atomic mass is 9.98. The van der Waals surface area contributed by atoms with Gasteiger partial charge in [-0.1, -0.05) is 53.7 Å². The first-order valence-electron chi connectivity index (χ1n) is 9.21. The van der Waals surface area contributed by atoms with E-state index in [0.717, 1.165) is 10.5 Å². The van der Waals surface area contributed by atoms with Crippen molar-refractivity contribution < 1.29 is 23.6 Å². The SMILES string of the molecule is O=C(CCN1C(=O)Cc2ccccc2C1=O)OCc1cc(-c2ccccc2)on1. The number of imide groups is 1. The zero-order valence-corrected chi connectivity index (χ0v) is 15.5. The molecule has 0 atom stereocenters. The van der Waals surface area contributed by atoms with Crippen molar-refractivity contribution in [1.82, 2.24) is 10.1 Å². The maximum atomic E-state index is 12.5. The van der Waals surface area contributed by atoms with Crippen LogP contribution >= 0.6 is 0 Å². The van der Waals surface area contributed by atoms with Gasteiger partial charge in [0.25, 0.3) is 5.91 Å². The van der Waals surface area contributed by atoms with Crippen LogP contribution in [-0.4, -0.2) is 34.4 Å². The van der Waals surface area contributed by atoms with Gasteiger partial charge in [0.05, 0.1) is 12.8 Å². The Morgan fingerprint density at radius 2 is 1.83 bits per heavy atom. The van der Waals surface area contributed by atoms with Gasteiger partial charge in [0, 0.05) is 23.7 Å². The molecule has 7 heteroatoms. The lowest BCUT2D eigenvalue weighted by Crippen LogP contribution is -2.43. The molecule has 2 heterocycles. The van der Waals surface area contributed by atoms with Crippen LogP contribution < -0.4 is 0 Å². The number of benzene rings is 2. The molecular weight excluding hydrogens is 372 g/mol. The summed E-state index contributed by atoms with van der Waals surface area (Å²) in [4.78, 5) is 37.9. The Hall–Kier alpha value is -3.74. The van der Waals surface area contributed by atoms with Crippen LogP contribution in [-0.2, 0) is 27.4 Å². The maximum absolute atomic E-state index is 12.5. The monoisotopic (exact) mass is 390 g/mol. The lowest BCUT2D eigenvalue weighted by molar-refractivity contribution is -0.145. The molecule has 0 fully saturated rings. The fraction of sp³-hybridized carbons (Fsp3) is 0.182. The van der Waals surface area contributed by atoms with Crippen molar-refractivity contribution in [2.24, 2.45) is 0 Å². The Bertz CT molecular complexity index is 1060. The van der Waals surface area contributed by atoms with Crippen molar-refractivity contribution in [3.63, 3.8) is 0 Å². The van der Waals surface area contributed by atoms with E-state index in [1.807, 2.05) is 30.3 Å². The van der Waals surface area contributed by atoms with E-state index in [4.69, 9.17) is 9.26 Å². The first kappa shape index (κ1) is 18.6. The highest BCUT2D eigenvalue weighted by atomic mass is 16.5. The van der Waals surface area contributed by atoms with E-state index in [9.17, 15) is 14.4 Å². The van der Waals surface area contributed by atoms with E-state index in [0.29, 0.717) is 22.6 Å². The fourth-order valence-electron chi connectivity index (χ4n) is 3.17. The fourth-order valence-corrected chi connectivity index (χ4v) is 3.17. The minimum absolute atomic E-state index is 0.0150. The molecule has 1 aromatic heterocycles. The van der Waals surface area contributed by atoms with Gasteiger partial charge in [-0.3, -0.25) is 19.3 Å². The highest BCUT2D eigenvalue weighted by molar-refractivity contribution is 6.09. The normalized spacial score (nSPS) is 13.3. The number of amides is 2. The average Bonchev–Trinajstić information content (AvgIpc) is 3.22. The Balaban J connectivity index is 1.30. The molecule has 0 radical (unpaired) electrons. The third kappa shape index (κ3) is 4.08. The number of ether oxygens (including phenoxy) is 1. The van der Waals surface area contributed by atoms with Gasteiger partial charge < -0.3 is 9.26 Å². The van der Waals surface area contributed by atoms with Crippen LogP contribution in [0.5, 0.6) is 0 Å². The van der Waals surface area contributed by atoms with Crippen molar-refractivity contribution in [1.29, 1.82) is 0 Å². The van der Waals surface area contributed by atoms with Gasteiger partial charge in [-0.2, -0.15) is 0 Å². The average molecular weight is 390 g/mol. The molecule has 1 aliphatic rings. The van der Waals surface area contributed by atoms with Crippen LogP contribution in [0.15, 0.2) is 65.2 Å². The number of esters is 1. The standard InChI is InChI=1S/C22H18N2O5/c25-20-12-16-8-4-5-9-18(16)22(27)24(20)11-10-21(26)28-14-17-13-19(29-23-17)15-6-2-1-3-7-15/h1-9,13H,10-12,14H2. The number of aromatic nitrogens is 1. The second kappa shape index (κ2) is 8.10. The van der Waals surface area contributed by atoms with Gasteiger partial charge in [0.1, 0.15) is 12.3 Å². The third-order valence-corrected chi connectivity index (χ3v) is 4.67. The number of carbonyl (C=O) groups is 3. The van der Waals surface area contributed by atoms with E-state index < -0.39 is 5.97 Å². The summed E-state index contributed by atoms with van der Waals surface area (Å²) in [5.74, 6) is -0.632. The van der Waals surface area contributed by atoms with Gasteiger partial charge in [-0.05, 0) is 11.6 Å². The summed E-state index contributed by atoms with van der Waals surface area (Å²) < 4.78 is 10.5. The molecule has 146 valence electrons. The van der Waals surface area contributed by atoms with Gasteiger partial charge in [-0.15, -0.1) is 0 Å². The highest BCUT2D eigenvalue weighted by Crippen LogP contribution is 2.21. The predicted octanol–water partition coefficient (Wildman–Crippen LogP) is 3.00. The Morgan fingerprint density at radius 3 is 2.66 bits per heavy atom. The summed E-state index contributed by atoms with van der Waals surface area (Å²) in [6.07, 6.45) is 0.0706. The smallest absolute Gasteiger partial charge is 0.307 e. The highest BCUT2D eigenvalue weighted by Gasteiger charge is 2.30. The van der Waals surface area contributed by atoms with Gasteiger partial charge >= 0.3 is 5.97 Å². The largest absolute Gasteiger partial charge is 0.459 e. The topological polar surface area (TPSA) is 89.7 Å². The van der Waals surface area contributed by atoms with Gasteiger partial charge in [-0.25, -0.2) is 0 Å². The predicted molar refractivity (Wildman–Crippen MR) is 103 cm³/mol. The number of nitrogens with zero attached hydrogens (tertiary/aromatic N) is 2. The third-order valence-electron chi connectivity index (χ3n) is 4.67. The maximum Gasteiger partial charge on any atom is 0.307 e. The zero-order valence-electron chi connectivity index (χ0n) is 15.5. The second-order valence-electron chi connectivity index (χ2n) is 6.64. The molecule has 3 aromatic rings. The van der Waals surface area contributed by atoms with E-state index in [-0.39, 0.29) is 37.8 Å².